The Morgan fingerprint density at radius 3 is 0.797 bits per heavy atom. The van der Waals surface area contributed by atoms with Gasteiger partial charge in [0.05, 0.1) is 0 Å². The highest BCUT2D eigenvalue weighted by atomic mass is 16.2. The van der Waals surface area contributed by atoms with Gasteiger partial charge in [0.25, 0.3) is 0 Å². The Bertz CT molecular complexity index is 1030. The molecule has 0 bridgehead atoms. The van der Waals surface area contributed by atoms with Crippen LogP contribution in [0.4, 0.5) is 0 Å². The van der Waals surface area contributed by atoms with E-state index < -0.39 is 6.04 Å². The quantitative estimate of drug-likeness (QED) is 0.0618. The lowest BCUT2D eigenvalue weighted by molar-refractivity contribution is -0.138. The summed E-state index contributed by atoms with van der Waals surface area (Å²) in [5, 5.41) is 3.26. The maximum atomic E-state index is 14.7. The van der Waals surface area contributed by atoms with E-state index in [4.69, 9.17) is 0 Å². The summed E-state index contributed by atoms with van der Waals surface area (Å²) in [4.78, 5) is 46.8. The van der Waals surface area contributed by atoms with E-state index in [0.29, 0.717) is 19.3 Å². The molecular formula is C63H125N3O3. The Labute approximate surface area is 433 Å². The van der Waals surface area contributed by atoms with Crippen molar-refractivity contribution in [2.75, 3.05) is 26.2 Å². The number of rotatable bonds is 57. The molecule has 1 atom stereocenters. The van der Waals surface area contributed by atoms with Gasteiger partial charge in [0, 0.05) is 39.0 Å². The molecule has 0 saturated heterocycles. The third-order valence-corrected chi connectivity index (χ3v) is 15.1. The van der Waals surface area contributed by atoms with Crippen LogP contribution in [0.5, 0.6) is 0 Å². The van der Waals surface area contributed by atoms with Crippen LogP contribution in [0.2, 0.25) is 0 Å². The van der Waals surface area contributed by atoms with Gasteiger partial charge in [0.15, 0.2) is 0 Å². The summed E-state index contributed by atoms with van der Waals surface area (Å²) < 4.78 is 0. The number of amides is 3. The van der Waals surface area contributed by atoms with Crippen molar-refractivity contribution in [1.82, 2.24) is 15.1 Å². The molecule has 0 aromatic heterocycles. The fourth-order valence-corrected chi connectivity index (χ4v) is 10.3. The highest BCUT2D eigenvalue weighted by Crippen LogP contribution is 2.18. The second kappa shape index (κ2) is 55.7. The lowest BCUT2D eigenvalue weighted by Gasteiger charge is -2.29. The maximum Gasteiger partial charge on any atom is 0.245 e. The van der Waals surface area contributed by atoms with Crippen LogP contribution in [0.3, 0.4) is 0 Å². The molecule has 0 aliphatic carbocycles. The molecule has 0 aliphatic rings. The summed E-state index contributed by atoms with van der Waals surface area (Å²) in [6.07, 6.45) is 60.6. The summed E-state index contributed by atoms with van der Waals surface area (Å²) in [6.45, 7) is 14.5. The molecule has 0 radical (unpaired) electrons. The van der Waals surface area contributed by atoms with Gasteiger partial charge in [-0.3, -0.25) is 14.4 Å². The van der Waals surface area contributed by atoms with E-state index in [-0.39, 0.29) is 17.7 Å². The van der Waals surface area contributed by atoms with Crippen molar-refractivity contribution in [3.63, 3.8) is 0 Å². The van der Waals surface area contributed by atoms with Gasteiger partial charge >= 0.3 is 0 Å². The van der Waals surface area contributed by atoms with Crippen molar-refractivity contribution in [1.29, 1.82) is 0 Å². The molecule has 0 rings (SSSR count). The summed E-state index contributed by atoms with van der Waals surface area (Å²) in [6, 6.07) is -0.631. The van der Waals surface area contributed by atoms with Crippen LogP contribution in [-0.4, -0.2) is 59.7 Å². The Hall–Kier alpha value is -1.59. The molecule has 0 aromatic carbocycles. The molecule has 0 aliphatic heterocycles. The van der Waals surface area contributed by atoms with Crippen LogP contribution in [-0.2, 0) is 14.4 Å². The first kappa shape index (κ1) is 67.4. The minimum atomic E-state index is -0.631. The molecule has 0 heterocycles. The third kappa shape index (κ3) is 47.2. The molecule has 410 valence electrons. The lowest BCUT2D eigenvalue weighted by atomic mass is 10.0. The van der Waals surface area contributed by atoms with Crippen molar-refractivity contribution in [2.45, 2.75) is 362 Å². The van der Waals surface area contributed by atoms with Gasteiger partial charge in [0.2, 0.25) is 17.7 Å². The highest BCUT2D eigenvalue weighted by molar-refractivity contribution is 5.88. The van der Waals surface area contributed by atoms with E-state index >= 15 is 0 Å². The van der Waals surface area contributed by atoms with E-state index in [0.717, 1.165) is 77.5 Å². The molecule has 1 N–H and O–H groups in total. The molecule has 0 saturated carbocycles. The van der Waals surface area contributed by atoms with Gasteiger partial charge in [-0.1, -0.05) is 304 Å². The molecule has 0 aromatic rings. The van der Waals surface area contributed by atoms with E-state index in [1.165, 1.54) is 250 Å². The second-order valence-electron chi connectivity index (χ2n) is 22.0. The van der Waals surface area contributed by atoms with Crippen molar-refractivity contribution in [2.24, 2.45) is 0 Å². The van der Waals surface area contributed by atoms with Crippen LogP contribution in [0, 0.1) is 0 Å². The van der Waals surface area contributed by atoms with Crippen molar-refractivity contribution < 1.29 is 14.4 Å². The number of nitrogens with one attached hydrogen (secondary N) is 1. The summed E-state index contributed by atoms with van der Waals surface area (Å²) in [5.74, 6) is 0.216. The fraction of sp³-hybridized carbons (Fsp3) is 0.952. The van der Waals surface area contributed by atoms with Crippen LogP contribution >= 0.6 is 0 Å². The van der Waals surface area contributed by atoms with Gasteiger partial charge in [-0.25, -0.2) is 0 Å². The molecule has 6 nitrogen and oxygen atoms in total. The van der Waals surface area contributed by atoms with Crippen LogP contribution < -0.4 is 5.32 Å². The molecule has 0 unspecified atom stereocenters. The number of carbonyl (C=O) groups is 3. The molecule has 3 amide bonds. The first-order valence-electron chi connectivity index (χ1n) is 31.8. The minimum absolute atomic E-state index is 0.00988. The first-order valence-corrected chi connectivity index (χ1v) is 31.8. The molecular weight excluding hydrogens is 847 g/mol. The average molecular weight is 973 g/mol. The van der Waals surface area contributed by atoms with E-state index in [1.807, 2.05) is 0 Å². The Morgan fingerprint density at radius 2 is 0.522 bits per heavy atom. The van der Waals surface area contributed by atoms with E-state index in [1.54, 1.807) is 0 Å². The maximum absolute atomic E-state index is 14.7. The van der Waals surface area contributed by atoms with Crippen molar-refractivity contribution in [3.8, 4) is 0 Å². The van der Waals surface area contributed by atoms with E-state index in [2.05, 4.69) is 49.7 Å². The standard InChI is InChI=1S/C63H125N3O3/c1-6-11-16-21-26-31-32-33-34-35-36-37-38-43-48-53-61(67)64-60(63(69)66(58-51-46-41-29-24-19-14-9-4)59-52-47-42-30-25-20-15-10-5)54-55-62(68)65(56-49-44-39-27-22-17-12-7-2)57-50-45-40-28-23-18-13-8-3/h60H,6-59H2,1-5H3,(H,64,67)/t60-/m0/s1. The fourth-order valence-electron chi connectivity index (χ4n) is 10.3. The third-order valence-electron chi connectivity index (χ3n) is 15.1. The number of hydrogen-bond donors (Lipinski definition) is 1. The Balaban J connectivity index is 5.66. The molecule has 6 heteroatoms. The van der Waals surface area contributed by atoms with Gasteiger partial charge in [-0.2, -0.15) is 0 Å². The normalized spacial score (nSPS) is 11.9. The first-order chi connectivity index (χ1) is 33.9. The van der Waals surface area contributed by atoms with Crippen LogP contribution in [0.25, 0.3) is 0 Å². The van der Waals surface area contributed by atoms with Gasteiger partial charge in [-0.05, 0) is 38.5 Å². The molecule has 69 heavy (non-hydrogen) atoms. The summed E-state index contributed by atoms with van der Waals surface area (Å²) >= 11 is 0. The highest BCUT2D eigenvalue weighted by Gasteiger charge is 2.27. The molecule has 0 spiro atoms. The van der Waals surface area contributed by atoms with Crippen LogP contribution in [0.1, 0.15) is 356 Å². The Kier molecular flexibility index (Phi) is 54.4. The zero-order chi connectivity index (χ0) is 50.4. The van der Waals surface area contributed by atoms with Gasteiger partial charge in [-0.15, -0.1) is 0 Å². The molecule has 0 fully saturated rings. The second-order valence-corrected chi connectivity index (χ2v) is 22.0. The topological polar surface area (TPSA) is 69.7 Å². The SMILES string of the molecule is CCCCCCCCCCCCCCCCCC(=O)N[C@@H](CCC(=O)N(CCCCCCCCCC)CCCCCCCCCC)C(=O)N(CCCCCCCCCC)CCCCCCCCCC. The van der Waals surface area contributed by atoms with Crippen molar-refractivity contribution >= 4 is 17.7 Å². The summed E-state index contributed by atoms with van der Waals surface area (Å²) in [5.41, 5.74) is 0. The predicted molar refractivity (Wildman–Crippen MR) is 304 cm³/mol. The minimum Gasteiger partial charge on any atom is -0.344 e. The summed E-state index contributed by atoms with van der Waals surface area (Å²) in [7, 11) is 0. The largest absolute Gasteiger partial charge is 0.344 e. The van der Waals surface area contributed by atoms with Gasteiger partial charge < -0.3 is 15.1 Å². The number of carbonyl (C=O) groups excluding carboxylic acids is 3. The lowest BCUT2D eigenvalue weighted by Crippen LogP contribution is -2.49. The monoisotopic (exact) mass is 972 g/mol. The van der Waals surface area contributed by atoms with Gasteiger partial charge in [0.1, 0.15) is 6.04 Å². The smallest absolute Gasteiger partial charge is 0.245 e. The van der Waals surface area contributed by atoms with Crippen molar-refractivity contribution in [3.05, 3.63) is 0 Å². The zero-order valence-corrected chi connectivity index (χ0v) is 47.9. The van der Waals surface area contributed by atoms with Crippen LogP contribution in [0.15, 0.2) is 0 Å². The number of nitrogens with zero attached hydrogens (tertiary/aromatic N) is 2. The average Bonchev–Trinajstić information content (AvgIpc) is 3.35. The zero-order valence-electron chi connectivity index (χ0n) is 47.9. The predicted octanol–water partition coefficient (Wildman–Crippen LogP) is 19.7. The van der Waals surface area contributed by atoms with E-state index in [9.17, 15) is 14.4 Å². The number of hydrogen-bond acceptors (Lipinski definition) is 3. The number of unbranched alkanes of at least 4 members (excludes halogenated alkanes) is 42. The Morgan fingerprint density at radius 1 is 0.290 bits per heavy atom.